The molecule has 0 N–H and O–H groups in total. The number of unbranched alkanes of at least 4 members (excludes halogenated alkanes) is 1. The molecule has 2 aromatic carbocycles. The first-order chi connectivity index (χ1) is 8.38. The van der Waals surface area contributed by atoms with E-state index < -0.39 is 0 Å². The first-order valence-electron chi connectivity index (χ1n) is 6.28. The van der Waals surface area contributed by atoms with Gasteiger partial charge in [0.15, 0.2) is 0 Å². The Morgan fingerprint density at radius 1 is 0.941 bits per heavy atom. The summed E-state index contributed by atoms with van der Waals surface area (Å²) in [6, 6.07) is 14.8. The van der Waals surface area contributed by atoms with Crippen LogP contribution in [0.4, 0.5) is 0 Å². The molecule has 3 aromatic rings. The molecule has 0 aliphatic heterocycles. The summed E-state index contributed by atoms with van der Waals surface area (Å²) < 4.78 is 5.81. The van der Waals surface area contributed by atoms with Crippen LogP contribution in [0.5, 0.6) is 0 Å². The molecule has 0 saturated carbocycles. The molecule has 0 fully saturated rings. The van der Waals surface area contributed by atoms with Gasteiger partial charge in [0.05, 0.1) is 0 Å². The van der Waals surface area contributed by atoms with E-state index >= 15 is 0 Å². The van der Waals surface area contributed by atoms with Crippen molar-refractivity contribution in [1.82, 2.24) is 0 Å². The zero-order valence-corrected chi connectivity index (χ0v) is 10.1. The maximum absolute atomic E-state index is 5.81. The van der Waals surface area contributed by atoms with Gasteiger partial charge in [0, 0.05) is 10.8 Å². The molecule has 0 radical (unpaired) electrons. The average Bonchev–Trinajstić information content (AvgIpc) is 2.74. The molecule has 0 bridgehead atoms. The number of hydrogen-bond acceptors (Lipinski definition) is 1. The lowest BCUT2D eigenvalue weighted by Crippen LogP contribution is -1.83. The molecule has 3 rings (SSSR count). The summed E-state index contributed by atoms with van der Waals surface area (Å²) >= 11 is 0. The van der Waals surface area contributed by atoms with Gasteiger partial charge < -0.3 is 4.42 Å². The van der Waals surface area contributed by atoms with Crippen LogP contribution in [-0.2, 0) is 6.42 Å². The Morgan fingerprint density at radius 3 is 2.65 bits per heavy atom. The van der Waals surface area contributed by atoms with Crippen LogP contribution in [0.2, 0.25) is 0 Å². The standard InChI is InChI=1S/C16H16O/c1-2-3-6-12-9-10-16-14(11-12)13-7-4-5-8-15(13)17-16/h4-5,7-11H,2-3,6H2,1H3. The Balaban J connectivity index is 2.16. The molecule has 0 amide bonds. The lowest BCUT2D eigenvalue weighted by molar-refractivity contribution is 0.668. The van der Waals surface area contributed by atoms with Crippen LogP contribution >= 0.6 is 0 Å². The van der Waals surface area contributed by atoms with Crippen molar-refractivity contribution in [1.29, 1.82) is 0 Å². The lowest BCUT2D eigenvalue weighted by atomic mass is 10.1. The summed E-state index contributed by atoms with van der Waals surface area (Å²) in [4.78, 5) is 0. The van der Waals surface area contributed by atoms with Gasteiger partial charge in [0.2, 0.25) is 0 Å². The minimum Gasteiger partial charge on any atom is -0.456 e. The molecule has 0 unspecified atom stereocenters. The zero-order valence-electron chi connectivity index (χ0n) is 10.1. The molecule has 0 spiro atoms. The van der Waals surface area contributed by atoms with Gasteiger partial charge in [-0.05, 0) is 36.6 Å². The highest BCUT2D eigenvalue weighted by atomic mass is 16.3. The molecule has 0 aliphatic rings. The smallest absolute Gasteiger partial charge is 0.135 e. The molecule has 1 aromatic heterocycles. The number of benzene rings is 2. The number of hydrogen-bond donors (Lipinski definition) is 0. The minimum absolute atomic E-state index is 0.982. The summed E-state index contributed by atoms with van der Waals surface area (Å²) in [5.74, 6) is 0. The second-order valence-electron chi connectivity index (χ2n) is 4.53. The molecule has 0 atom stereocenters. The van der Waals surface area contributed by atoms with E-state index in [9.17, 15) is 0 Å². The largest absolute Gasteiger partial charge is 0.456 e. The van der Waals surface area contributed by atoms with Crippen molar-refractivity contribution >= 4 is 21.9 Å². The van der Waals surface area contributed by atoms with Crippen molar-refractivity contribution in [2.75, 3.05) is 0 Å². The third-order valence-electron chi connectivity index (χ3n) is 3.26. The SMILES string of the molecule is CCCCc1ccc2oc3ccccc3c2c1. The van der Waals surface area contributed by atoms with Crippen molar-refractivity contribution in [2.45, 2.75) is 26.2 Å². The Kier molecular flexibility index (Phi) is 2.60. The van der Waals surface area contributed by atoms with Crippen LogP contribution in [-0.4, -0.2) is 0 Å². The van der Waals surface area contributed by atoms with Crippen molar-refractivity contribution in [3.8, 4) is 0 Å². The van der Waals surface area contributed by atoms with Crippen LogP contribution in [0.1, 0.15) is 25.3 Å². The van der Waals surface area contributed by atoms with Crippen LogP contribution in [0.3, 0.4) is 0 Å². The topological polar surface area (TPSA) is 13.1 Å². The molecule has 1 heterocycles. The number of para-hydroxylation sites is 1. The van der Waals surface area contributed by atoms with Crippen molar-refractivity contribution < 1.29 is 4.42 Å². The highest BCUT2D eigenvalue weighted by Gasteiger charge is 2.06. The van der Waals surface area contributed by atoms with Gasteiger partial charge in [0.1, 0.15) is 11.2 Å². The molecule has 17 heavy (non-hydrogen) atoms. The predicted octanol–water partition coefficient (Wildman–Crippen LogP) is 4.93. The van der Waals surface area contributed by atoms with E-state index in [0.29, 0.717) is 0 Å². The van der Waals surface area contributed by atoms with E-state index in [2.05, 4.69) is 37.3 Å². The third kappa shape index (κ3) is 1.82. The molecule has 86 valence electrons. The van der Waals surface area contributed by atoms with E-state index in [1.807, 2.05) is 12.1 Å². The van der Waals surface area contributed by atoms with E-state index in [1.54, 1.807) is 0 Å². The number of rotatable bonds is 3. The van der Waals surface area contributed by atoms with Crippen LogP contribution in [0.15, 0.2) is 46.9 Å². The quantitative estimate of drug-likeness (QED) is 0.615. The van der Waals surface area contributed by atoms with Gasteiger partial charge in [-0.3, -0.25) is 0 Å². The third-order valence-corrected chi connectivity index (χ3v) is 3.26. The van der Waals surface area contributed by atoms with E-state index in [4.69, 9.17) is 4.42 Å². The van der Waals surface area contributed by atoms with Crippen LogP contribution < -0.4 is 0 Å². The first kappa shape index (κ1) is 10.4. The maximum Gasteiger partial charge on any atom is 0.135 e. The van der Waals surface area contributed by atoms with Gasteiger partial charge in [-0.1, -0.05) is 37.6 Å². The van der Waals surface area contributed by atoms with Crippen molar-refractivity contribution in [3.63, 3.8) is 0 Å². The average molecular weight is 224 g/mol. The number of aryl methyl sites for hydroxylation is 1. The maximum atomic E-state index is 5.81. The Bertz CT molecular complexity index is 649. The number of furan rings is 1. The molecule has 0 aliphatic carbocycles. The lowest BCUT2D eigenvalue weighted by Gasteiger charge is -1.99. The van der Waals surface area contributed by atoms with Gasteiger partial charge in [-0.2, -0.15) is 0 Å². The summed E-state index contributed by atoms with van der Waals surface area (Å²) in [6.45, 7) is 2.23. The first-order valence-corrected chi connectivity index (χ1v) is 6.28. The molecular weight excluding hydrogens is 208 g/mol. The van der Waals surface area contributed by atoms with E-state index in [-0.39, 0.29) is 0 Å². The summed E-state index contributed by atoms with van der Waals surface area (Å²) in [5, 5.41) is 2.47. The fourth-order valence-electron chi connectivity index (χ4n) is 2.31. The summed E-state index contributed by atoms with van der Waals surface area (Å²) in [6.07, 6.45) is 3.65. The van der Waals surface area contributed by atoms with Gasteiger partial charge >= 0.3 is 0 Å². The molecule has 0 saturated heterocycles. The van der Waals surface area contributed by atoms with Crippen molar-refractivity contribution in [2.24, 2.45) is 0 Å². The Hall–Kier alpha value is -1.76. The van der Waals surface area contributed by atoms with Gasteiger partial charge in [0.25, 0.3) is 0 Å². The second-order valence-corrected chi connectivity index (χ2v) is 4.53. The normalized spacial score (nSPS) is 11.4. The predicted molar refractivity (Wildman–Crippen MR) is 72.3 cm³/mol. The van der Waals surface area contributed by atoms with Gasteiger partial charge in [-0.25, -0.2) is 0 Å². The van der Waals surface area contributed by atoms with Crippen molar-refractivity contribution in [3.05, 3.63) is 48.0 Å². The molecule has 1 heteroatoms. The number of fused-ring (bicyclic) bond motifs is 3. The molecule has 1 nitrogen and oxygen atoms in total. The minimum atomic E-state index is 0.982. The molecular formula is C16H16O. The van der Waals surface area contributed by atoms with E-state index in [0.717, 1.165) is 17.6 Å². The van der Waals surface area contributed by atoms with E-state index in [1.165, 1.54) is 29.2 Å². The fourth-order valence-corrected chi connectivity index (χ4v) is 2.31. The second kappa shape index (κ2) is 4.25. The highest BCUT2D eigenvalue weighted by Crippen LogP contribution is 2.29. The fraction of sp³-hybridized carbons (Fsp3) is 0.250. The highest BCUT2D eigenvalue weighted by molar-refractivity contribution is 6.04. The zero-order chi connectivity index (χ0) is 11.7. The Morgan fingerprint density at radius 2 is 1.76 bits per heavy atom. The Labute approximate surface area is 101 Å². The summed E-state index contributed by atoms with van der Waals surface area (Å²) in [5.41, 5.74) is 3.38. The monoisotopic (exact) mass is 224 g/mol. The van der Waals surface area contributed by atoms with Crippen LogP contribution in [0.25, 0.3) is 21.9 Å². The summed E-state index contributed by atoms with van der Waals surface area (Å²) in [7, 11) is 0. The van der Waals surface area contributed by atoms with Gasteiger partial charge in [-0.15, -0.1) is 0 Å². The van der Waals surface area contributed by atoms with Crippen LogP contribution in [0, 0.1) is 0 Å².